The maximum Gasteiger partial charge on any atom is 0.222 e. The highest BCUT2D eigenvalue weighted by Crippen LogP contribution is 1.92. The molecule has 0 aromatic heterocycles. The highest BCUT2D eigenvalue weighted by atomic mass is 16.5. The number of nitrogens with one attached hydrogen (secondary N) is 1. The predicted molar refractivity (Wildman–Crippen MR) is 52.3 cm³/mol. The lowest BCUT2D eigenvalue weighted by atomic mass is 10.2. The van der Waals surface area contributed by atoms with Gasteiger partial charge in [-0.2, -0.15) is 0 Å². The van der Waals surface area contributed by atoms with Gasteiger partial charge in [-0.05, 0) is 13.0 Å². The van der Waals surface area contributed by atoms with Crippen LogP contribution < -0.4 is 11.1 Å². The molecule has 0 aromatic rings. The number of carbonyl (C=O) groups is 1. The first kappa shape index (κ1) is 12.4. The van der Waals surface area contributed by atoms with Crippen molar-refractivity contribution in [2.24, 2.45) is 11.7 Å². The van der Waals surface area contributed by atoms with Crippen LogP contribution >= 0.6 is 0 Å². The van der Waals surface area contributed by atoms with Gasteiger partial charge in [-0.15, -0.1) is 0 Å². The summed E-state index contributed by atoms with van der Waals surface area (Å²) in [6.07, 6.45) is 1.12. The second-order valence-electron chi connectivity index (χ2n) is 3.13. The fourth-order valence-electron chi connectivity index (χ4n) is 0.788. The van der Waals surface area contributed by atoms with Crippen molar-refractivity contribution in [3.8, 4) is 0 Å². The van der Waals surface area contributed by atoms with Crippen molar-refractivity contribution in [1.82, 2.24) is 5.32 Å². The van der Waals surface area contributed by atoms with Crippen LogP contribution in [0, 0.1) is 5.92 Å². The van der Waals surface area contributed by atoms with Crippen LogP contribution in [-0.2, 0) is 9.53 Å². The van der Waals surface area contributed by atoms with Crippen LogP contribution in [0.2, 0.25) is 0 Å². The van der Waals surface area contributed by atoms with Gasteiger partial charge in [0.15, 0.2) is 0 Å². The minimum Gasteiger partial charge on any atom is -0.379 e. The summed E-state index contributed by atoms with van der Waals surface area (Å²) in [5.74, 6) is -0.493. The van der Waals surface area contributed by atoms with Gasteiger partial charge < -0.3 is 15.8 Å². The third-order valence-corrected chi connectivity index (χ3v) is 1.70. The van der Waals surface area contributed by atoms with Crippen LogP contribution in [0.15, 0.2) is 0 Å². The molecule has 0 aromatic carbocycles. The third kappa shape index (κ3) is 7.74. The van der Waals surface area contributed by atoms with Gasteiger partial charge in [0.2, 0.25) is 5.91 Å². The summed E-state index contributed by atoms with van der Waals surface area (Å²) in [5.41, 5.74) is 5.06. The number of nitrogens with two attached hydrogens (primary N) is 1. The molecule has 0 rings (SSSR count). The van der Waals surface area contributed by atoms with E-state index in [9.17, 15) is 4.79 Å². The van der Waals surface area contributed by atoms with Gasteiger partial charge in [0.05, 0.1) is 19.1 Å². The lowest BCUT2D eigenvalue weighted by Gasteiger charge is -2.08. The fourth-order valence-corrected chi connectivity index (χ4v) is 0.788. The number of amides is 1. The summed E-state index contributed by atoms with van der Waals surface area (Å²) < 4.78 is 5.24. The second-order valence-corrected chi connectivity index (χ2v) is 3.13. The van der Waals surface area contributed by atoms with Gasteiger partial charge in [0.25, 0.3) is 0 Å². The smallest absolute Gasteiger partial charge is 0.222 e. The number of ether oxygens (including phenoxy) is 1. The van der Waals surface area contributed by atoms with Crippen molar-refractivity contribution in [1.29, 1.82) is 0 Å². The molecule has 0 heterocycles. The van der Waals surface area contributed by atoms with E-state index in [-0.39, 0.29) is 11.8 Å². The molecule has 0 saturated carbocycles. The Morgan fingerprint density at radius 2 is 2.23 bits per heavy atom. The molecular weight excluding hydrogens is 168 g/mol. The molecule has 0 saturated heterocycles. The lowest BCUT2D eigenvalue weighted by molar-refractivity contribution is -0.123. The number of hydrogen-bond acceptors (Lipinski definition) is 3. The van der Waals surface area contributed by atoms with E-state index < -0.39 is 0 Å². The Kier molecular flexibility index (Phi) is 7.63. The monoisotopic (exact) mass is 188 g/mol. The van der Waals surface area contributed by atoms with E-state index in [1.54, 1.807) is 6.92 Å². The summed E-state index contributed by atoms with van der Waals surface area (Å²) in [6, 6.07) is 0. The van der Waals surface area contributed by atoms with Crippen molar-refractivity contribution in [2.75, 3.05) is 26.3 Å². The second kappa shape index (κ2) is 8.01. The molecule has 0 bridgehead atoms. The summed E-state index contributed by atoms with van der Waals surface area (Å²) in [5, 5.41) is 3.20. The molecular formula is C9H20N2O2. The van der Waals surface area contributed by atoms with Crippen LogP contribution in [-0.4, -0.2) is 32.2 Å². The molecule has 0 fully saturated rings. The Balaban J connectivity index is 3.11. The van der Waals surface area contributed by atoms with E-state index in [1.807, 2.05) is 0 Å². The van der Waals surface area contributed by atoms with Gasteiger partial charge in [0, 0.05) is 6.54 Å². The molecule has 1 atom stereocenters. The molecule has 0 aliphatic rings. The fraction of sp³-hybridized carbons (Fsp3) is 0.889. The zero-order valence-electron chi connectivity index (χ0n) is 8.51. The molecule has 4 heteroatoms. The average molecular weight is 188 g/mol. The zero-order valence-corrected chi connectivity index (χ0v) is 8.51. The number of hydrogen-bond donors (Lipinski definition) is 2. The molecule has 1 amide bonds. The summed E-state index contributed by atoms with van der Waals surface area (Å²) in [4.78, 5) is 10.6. The lowest BCUT2D eigenvalue weighted by Crippen LogP contribution is -2.27. The van der Waals surface area contributed by atoms with Crippen molar-refractivity contribution in [3.63, 3.8) is 0 Å². The Morgan fingerprint density at radius 3 is 2.77 bits per heavy atom. The average Bonchev–Trinajstić information content (AvgIpc) is 2.10. The Bertz CT molecular complexity index is 140. The largest absolute Gasteiger partial charge is 0.379 e. The minimum atomic E-state index is -0.304. The first-order valence-electron chi connectivity index (χ1n) is 4.76. The summed E-state index contributed by atoms with van der Waals surface area (Å²) >= 11 is 0. The first-order chi connectivity index (χ1) is 6.18. The Hall–Kier alpha value is -0.610. The van der Waals surface area contributed by atoms with E-state index in [2.05, 4.69) is 12.2 Å². The zero-order chi connectivity index (χ0) is 10.1. The van der Waals surface area contributed by atoms with E-state index in [4.69, 9.17) is 10.5 Å². The van der Waals surface area contributed by atoms with Crippen LogP contribution in [0.5, 0.6) is 0 Å². The first-order valence-corrected chi connectivity index (χ1v) is 4.76. The van der Waals surface area contributed by atoms with Crippen molar-refractivity contribution < 1.29 is 9.53 Å². The van der Waals surface area contributed by atoms with Crippen LogP contribution in [0.4, 0.5) is 0 Å². The molecule has 0 aliphatic carbocycles. The topological polar surface area (TPSA) is 64.3 Å². The molecule has 3 N–H and O–H groups in total. The number of carbonyl (C=O) groups excluding carboxylic acids is 1. The van der Waals surface area contributed by atoms with E-state index in [0.29, 0.717) is 13.2 Å². The van der Waals surface area contributed by atoms with Crippen molar-refractivity contribution >= 4 is 5.91 Å². The van der Waals surface area contributed by atoms with Gasteiger partial charge in [-0.3, -0.25) is 4.79 Å². The Labute approximate surface area is 79.8 Å². The predicted octanol–water partition coefficient (Wildman–Crippen LogP) is 0.124. The number of primary amides is 1. The molecule has 13 heavy (non-hydrogen) atoms. The van der Waals surface area contributed by atoms with Crippen molar-refractivity contribution in [3.05, 3.63) is 0 Å². The summed E-state index contributed by atoms with van der Waals surface area (Å²) in [6.45, 7) is 6.78. The highest BCUT2D eigenvalue weighted by molar-refractivity contribution is 5.76. The van der Waals surface area contributed by atoms with Crippen LogP contribution in [0.3, 0.4) is 0 Å². The van der Waals surface area contributed by atoms with E-state index in [0.717, 1.165) is 19.5 Å². The molecule has 0 spiro atoms. The number of rotatable bonds is 8. The van der Waals surface area contributed by atoms with Crippen molar-refractivity contribution in [2.45, 2.75) is 20.3 Å². The third-order valence-electron chi connectivity index (χ3n) is 1.70. The normalized spacial score (nSPS) is 12.8. The SMILES string of the molecule is CCCNCCOCC(C)C(N)=O. The van der Waals surface area contributed by atoms with Gasteiger partial charge >= 0.3 is 0 Å². The highest BCUT2D eigenvalue weighted by Gasteiger charge is 2.07. The molecule has 0 aliphatic heterocycles. The van der Waals surface area contributed by atoms with Gasteiger partial charge in [0.1, 0.15) is 0 Å². The molecule has 78 valence electrons. The maximum absolute atomic E-state index is 10.6. The Morgan fingerprint density at radius 1 is 1.54 bits per heavy atom. The molecule has 1 unspecified atom stereocenters. The molecule has 4 nitrogen and oxygen atoms in total. The van der Waals surface area contributed by atoms with Crippen LogP contribution in [0.25, 0.3) is 0 Å². The quantitative estimate of drug-likeness (QED) is 0.532. The summed E-state index contributed by atoms with van der Waals surface area (Å²) in [7, 11) is 0. The van der Waals surface area contributed by atoms with E-state index in [1.165, 1.54) is 0 Å². The van der Waals surface area contributed by atoms with Gasteiger partial charge in [-0.25, -0.2) is 0 Å². The molecule has 0 radical (unpaired) electrons. The standard InChI is InChI=1S/C9H20N2O2/c1-3-4-11-5-6-13-7-8(2)9(10)12/h8,11H,3-7H2,1-2H3,(H2,10,12). The van der Waals surface area contributed by atoms with Gasteiger partial charge in [-0.1, -0.05) is 13.8 Å². The van der Waals surface area contributed by atoms with E-state index >= 15 is 0 Å². The maximum atomic E-state index is 10.6. The van der Waals surface area contributed by atoms with Crippen LogP contribution in [0.1, 0.15) is 20.3 Å². The minimum absolute atomic E-state index is 0.189.